The van der Waals surface area contributed by atoms with Gasteiger partial charge in [-0.1, -0.05) is 55.1 Å². The molecule has 0 radical (unpaired) electrons. The SMILES string of the molecule is C=CCOc1ccc(CN(C)[C@@H](C(N)=O)c2ccccc2)cc1. The Bertz CT molecular complexity index is 638. The second kappa shape index (κ2) is 8.15. The number of likely N-dealkylation sites (N-methyl/N-ethyl adjacent to an activating group) is 1. The van der Waals surface area contributed by atoms with E-state index in [4.69, 9.17) is 10.5 Å². The van der Waals surface area contributed by atoms with E-state index < -0.39 is 6.04 Å². The summed E-state index contributed by atoms with van der Waals surface area (Å²) in [6.45, 7) is 4.72. The summed E-state index contributed by atoms with van der Waals surface area (Å²) in [7, 11) is 1.89. The van der Waals surface area contributed by atoms with E-state index in [0.29, 0.717) is 13.2 Å². The molecule has 1 amide bonds. The fraction of sp³-hybridized carbons (Fsp3) is 0.211. The molecule has 0 aliphatic heterocycles. The molecule has 23 heavy (non-hydrogen) atoms. The maximum atomic E-state index is 11.9. The van der Waals surface area contributed by atoms with Crippen molar-refractivity contribution in [3.8, 4) is 5.75 Å². The van der Waals surface area contributed by atoms with E-state index in [2.05, 4.69) is 6.58 Å². The number of ether oxygens (including phenoxy) is 1. The lowest BCUT2D eigenvalue weighted by Gasteiger charge is -2.26. The van der Waals surface area contributed by atoms with Crippen LogP contribution in [0.5, 0.6) is 5.75 Å². The summed E-state index contributed by atoms with van der Waals surface area (Å²) in [5.41, 5.74) is 7.57. The van der Waals surface area contributed by atoms with Gasteiger partial charge in [0.2, 0.25) is 5.91 Å². The number of rotatable bonds is 8. The number of hydrogen-bond acceptors (Lipinski definition) is 3. The molecule has 4 heteroatoms. The van der Waals surface area contributed by atoms with E-state index >= 15 is 0 Å². The second-order valence-electron chi connectivity index (χ2n) is 5.37. The van der Waals surface area contributed by atoms with Crippen LogP contribution in [0.25, 0.3) is 0 Å². The number of hydrogen-bond donors (Lipinski definition) is 1. The first-order valence-electron chi connectivity index (χ1n) is 7.49. The highest BCUT2D eigenvalue weighted by molar-refractivity contribution is 5.81. The van der Waals surface area contributed by atoms with Crippen LogP contribution in [0.1, 0.15) is 17.2 Å². The third-order valence-electron chi connectivity index (χ3n) is 3.55. The lowest BCUT2D eigenvalue weighted by molar-refractivity contribution is -0.123. The molecular formula is C19H22N2O2. The summed E-state index contributed by atoms with van der Waals surface area (Å²) < 4.78 is 5.46. The van der Waals surface area contributed by atoms with E-state index in [9.17, 15) is 4.79 Å². The molecule has 0 spiro atoms. The molecule has 0 saturated carbocycles. The van der Waals surface area contributed by atoms with Gasteiger partial charge in [0.1, 0.15) is 18.4 Å². The molecule has 1 atom stereocenters. The van der Waals surface area contributed by atoms with Crippen LogP contribution < -0.4 is 10.5 Å². The molecule has 4 nitrogen and oxygen atoms in total. The average Bonchev–Trinajstić information content (AvgIpc) is 2.55. The number of primary amides is 1. The van der Waals surface area contributed by atoms with E-state index in [1.807, 2.05) is 66.5 Å². The number of carbonyl (C=O) groups is 1. The Kier molecular flexibility index (Phi) is 5.94. The largest absolute Gasteiger partial charge is 0.490 e. The van der Waals surface area contributed by atoms with Gasteiger partial charge < -0.3 is 10.5 Å². The number of carbonyl (C=O) groups excluding carboxylic acids is 1. The molecule has 0 unspecified atom stereocenters. The molecule has 0 saturated heterocycles. The van der Waals surface area contributed by atoms with Crippen molar-refractivity contribution in [2.24, 2.45) is 5.73 Å². The fourth-order valence-corrected chi connectivity index (χ4v) is 2.50. The summed E-state index contributed by atoms with van der Waals surface area (Å²) in [6.07, 6.45) is 1.71. The highest BCUT2D eigenvalue weighted by Gasteiger charge is 2.22. The van der Waals surface area contributed by atoms with Crippen LogP contribution in [0.2, 0.25) is 0 Å². The standard InChI is InChI=1S/C19H22N2O2/c1-3-13-23-17-11-9-15(10-12-17)14-21(2)18(19(20)22)16-7-5-4-6-8-16/h3-12,18H,1,13-14H2,2H3,(H2,20,22)/t18-/m1/s1. The molecular weight excluding hydrogens is 288 g/mol. The van der Waals surface area contributed by atoms with Gasteiger partial charge in [-0.3, -0.25) is 9.69 Å². The van der Waals surface area contributed by atoms with Gasteiger partial charge in [-0.05, 0) is 30.3 Å². The Hall–Kier alpha value is -2.59. The first-order chi connectivity index (χ1) is 11.1. The third-order valence-corrected chi connectivity index (χ3v) is 3.55. The van der Waals surface area contributed by atoms with Crippen molar-refractivity contribution in [3.05, 3.63) is 78.4 Å². The molecule has 120 valence electrons. The van der Waals surface area contributed by atoms with Crippen LogP contribution in [0, 0.1) is 0 Å². The highest BCUT2D eigenvalue weighted by atomic mass is 16.5. The molecule has 2 aromatic rings. The van der Waals surface area contributed by atoms with Gasteiger partial charge in [0.05, 0.1) is 0 Å². The molecule has 2 rings (SSSR count). The summed E-state index contributed by atoms with van der Waals surface area (Å²) in [5.74, 6) is 0.440. The van der Waals surface area contributed by atoms with Gasteiger partial charge in [-0.2, -0.15) is 0 Å². The van der Waals surface area contributed by atoms with Crippen LogP contribution in [0.4, 0.5) is 0 Å². The third kappa shape index (κ3) is 4.69. The van der Waals surface area contributed by atoms with Crippen molar-refractivity contribution >= 4 is 5.91 Å². The predicted octanol–water partition coefficient (Wildman–Crippen LogP) is 2.91. The molecule has 0 aliphatic rings. The van der Waals surface area contributed by atoms with Crippen molar-refractivity contribution in [1.29, 1.82) is 0 Å². The molecule has 0 aliphatic carbocycles. The van der Waals surface area contributed by atoms with Crippen molar-refractivity contribution in [2.75, 3.05) is 13.7 Å². The average molecular weight is 310 g/mol. The summed E-state index contributed by atoms with van der Waals surface area (Å²) in [4.78, 5) is 13.8. The Labute approximate surface area is 137 Å². The topological polar surface area (TPSA) is 55.6 Å². The van der Waals surface area contributed by atoms with Gasteiger partial charge in [-0.25, -0.2) is 0 Å². The summed E-state index contributed by atoms with van der Waals surface area (Å²) in [6, 6.07) is 16.9. The fourth-order valence-electron chi connectivity index (χ4n) is 2.50. The molecule has 0 bridgehead atoms. The van der Waals surface area contributed by atoms with Gasteiger partial charge in [0, 0.05) is 6.54 Å². The Morgan fingerprint density at radius 1 is 1.22 bits per heavy atom. The molecule has 0 fully saturated rings. The minimum atomic E-state index is -0.451. The maximum Gasteiger partial charge on any atom is 0.239 e. The zero-order valence-corrected chi connectivity index (χ0v) is 13.3. The molecule has 2 aromatic carbocycles. The van der Waals surface area contributed by atoms with E-state index in [1.54, 1.807) is 6.08 Å². The minimum Gasteiger partial charge on any atom is -0.490 e. The Balaban J connectivity index is 2.08. The van der Waals surface area contributed by atoms with Gasteiger partial charge >= 0.3 is 0 Å². The minimum absolute atomic E-state index is 0.357. The lowest BCUT2D eigenvalue weighted by atomic mass is 10.0. The van der Waals surface area contributed by atoms with E-state index in [0.717, 1.165) is 16.9 Å². The van der Waals surface area contributed by atoms with Crippen LogP contribution in [0.3, 0.4) is 0 Å². The molecule has 0 heterocycles. The Morgan fingerprint density at radius 2 is 1.87 bits per heavy atom. The molecule has 2 N–H and O–H groups in total. The van der Waals surface area contributed by atoms with Gasteiger partial charge in [-0.15, -0.1) is 0 Å². The van der Waals surface area contributed by atoms with Crippen molar-refractivity contribution < 1.29 is 9.53 Å². The number of amides is 1. The van der Waals surface area contributed by atoms with Crippen molar-refractivity contribution in [1.82, 2.24) is 4.90 Å². The predicted molar refractivity (Wildman–Crippen MR) is 92.0 cm³/mol. The van der Waals surface area contributed by atoms with E-state index in [-0.39, 0.29) is 5.91 Å². The normalized spacial score (nSPS) is 11.9. The first kappa shape index (κ1) is 16.8. The van der Waals surface area contributed by atoms with Crippen LogP contribution >= 0.6 is 0 Å². The highest BCUT2D eigenvalue weighted by Crippen LogP contribution is 2.22. The first-order valence-corrected chi connectivity index (χ1v) is 7.49. The van der Waals surface area contributed by atoms with Gasteiger partial charge in [0.15, 0.2) is 0 Å². The molecule has 0 aromatic heterocycles. The zero-order valence-electron chi connectivity index (χ0n) is 13.3. The number of nitrogens with two attached hydrogens (primary N) is 1. The van der Waals surface area contributed by atoms with Gasteiger partial charge in [0.25, 0.3) is 0 Å². The van der Waals surface area contributed by atoms with Crippen LogP contribution in [-0.4, -0.2) is 24.5 Å². The van der Waals surface area contributed by atoms with Crippen molar-refractivity contribution in [3.63, 3.8) is 0 Å². The lowest BCUT2D eigenvalue weighted by Crippen LogP contribution is -2.34. The number of nitrogens with zero attached hydrogens (tertiary/aromatic N) is 1. The smallest absolute Gasteiger partial charge is 0.239 e. The summed E-state index contributed by atoms with van der Waals surface area (Å²) >= 11 is 0. The second-order valence-corrected chi connectivity index (χ2v) is 5.37. The number of benzene rings is 2. The Morgan fingerprint density at radius 3 is 2.43 bits per heavy atom. The maximum absolute atomic E-state index is 11.9. The quantitative estimate of drug-likeness (QED) is 0.763. The van der Waals surface area contributed by atoms with Crippen molar-refractivity contribution in [2.45, 2.75) is 12.6 Å². The van der Waals surface area contributed by atoms with E-state index in [1.165, 1.54) is 0 Å². The van der Waals surface area contributed by atoms with Crippen LogP contribution in [0.15, 0.2) is 67.3 Å². The zero-order chi connectivity index (χ0) is 16.7. The monoisotopic (exact) mass is 310 g/mol. The summed E-state index contributed by atoms with van der Waals surface area (Å²) in [5, 5.41) is 0. The van der Waals surface area contributed by atoms with Crippen LogP contribution in [-0.2, 0) is 11.3 Å².